The number of sulfone groups is 1. The number of carbonyl (C=O) groups is 1. The van der Waals surface area contributed by atoms with Crippen LogP contribution in [-0.2, 0) is 23.1 Å². The maximum Gasteiger partial charge on any atom is 0.417 e. The van der Waals surface area contributed by atoms with Crippen LogP contribution in [0.15, 0.2) is 23.5 Å². The van der Waals surface area contributed by atoms with Crippen LogP contribution in [0.1, 0.15) is 28.5 Å². The number of alkyl halides is 3. The number of hydrogen-bond donors (Lipinski definition) is 1. The summed E-state index contributed by atoms with van der Waals surface area (Å²) in [5.41, 5.74) is -0.901. The van der Waals surface area contributed by atoms with E-state index in [0.29, 0.717) is 11.8 Å². The number of nitrogens with zero attached hydrogens (tertiary/aromatic N) is 7. The first-order valence-electron chi connectivity index (χ1n) is 10.1. The zero-order valence-corrected chi connectivity index (χ0v) is 19.4. The Morgan fingerprint density at radius 3 is 2.54 bits per heavy atom. The third kappa shape index (κ3) is 3.95. The quantitative estimate of drug-likeness (QED) is 0.405. The number of rotatable bonds is 5. The van der Waals surface area contributed by atoms with Gasteiger partial charge in [0.15, 0.2) is 26.2 Å². The van der Waals surface area contributed by atoms with Gasteiger partial charge in [-0.15, -0.1) is 0 Å². The lowest BCUT2D eigenvalue weighted by Gasteiger charge is -2.07. The molecule has 0 unspecified atom stereocenters. The maximum atomic E-state index is 13.2. The number of aromatic nitrogens is 6. The van der Waals surface area contributed by atoms with Gasteiger partial charge in [-0.05, 0) is 18.6 Å². The van der Waals surface area contributed by atoms with Crippen molar-refractivity contribution >= 4 is 32.6 Å². The third-order valence-electron chi connectivity index (χ3n) is 5.27. The molecule has 182 valence electrons. The lowest BCUT2D eigenvalue weighted by atomic mass is 10.2. The van der Waals surface area contributed by atoms with Gasteiger partial charge in [0.25, 0.3) is 5.91 Å². The first-order chi connectivity index (χ1) is 16.4. The second kappa shape index (κ2) is 8.31. The lowest BCUT2D eigenvalue weighted by Crippen LogP contribution is -2.27. The largest absolute Gasteiger partial charge is 0.417 e. The van der Waals surface area contributed by atoms with E-state index in [9.17, 15) is 26.4 Å². The van der Waals surface area contributed by atoms with Crippen molar-refractivity contribution in [2.24, 2.45) is 7.05 Å². The molecule has 0 fully saturated rings. The standard InChI is InChI=1S/C20H17F3N8O3S/c1-4-35(33,34)19-13(16-26-8-10(2)14(31(16)29-19)18(32)25-6-5-24)17-28-12-7-11(20(21,22)23)9-27-15(12)30(17)3/h7-9H,4,6H2,1-3H3,(H,25,32). The fourth-order valence-electron chi connectivity index (χ4n) is 3.53. The molecule has 0 saturated heterocycles. The Labute approximate surface area is 196 Å². The number of nitrogens with one attached hydrogen (secondary N) is 1. The van der Waals surface area contributed by atoms with Crippen molar-refractivity contribution < 1.29 is 26.4 Å². The molecule has 15 heteroatoms. The van der Waals surface area contributed by atoms with Crippen molar-refractivity contribution in [3.8, 4) is 17.5 Å². The van der Waals surface area contributed by atoms with E-state index in [0.717, 1.165) is 10.6 Å². The van der Waals surface area contributed by atoms with Gasteiger partial charge in [0.05, 0.1) is 17.4 Å². The molecule has 0 radical (unpaired) electrons. The fraction of sp³-hybridized carbons (Fsp3) is 0.300. The normalized spacial score (nSPS) is 12.3. The van der Waals surface area contributed by atoms with Crippen LogP contribution in [0.3, 0.4) is 0 Å². The van der Waals surface area contributed by atoms with Gasteiger partial charge >= 0.3 is 6.18 Å². The number of amides is 1. The Kier molecular flexibility index (Phi) is 5.71. The van der Waals surface area contributed by atoms with Gasteiger partial charge in [-0.1, -0.05) is 6.92 Å². The summed E-state index contributed by atoms with van der Waals surface area (Å²) in [4.78, 5) is 25.1. The van der Waals surface area contributed by atoms with Gasteiger partial charge in [0.2, 0.25) is 0 Å². The molecule has 0 aromatic carbocycles. The zero-order valence-electron chi connectivity index (χ0n) is 18.5. The molecule has 4 aromatic heterocycles. The minimum atomic E-state index is -4.65. The molecular formula is C20H17F3N8O3S. The summed E-state index contributed by atoms with van der Waals surface area (Å²) in [6.07, 6.45) is -2.66. The molecule has 0 atom stereocenters. The molecule has 1 N–H and O–H groups in total. The van der Waals surface area contributed by atoms with E-state index >= 15 is 0 Å². The van der Waals surface area contributed by atoms with E-state index in [1.807, 2.05) is 0 Å². The summed E-state index contributed by atoms with van der Waals surface area (Å²) in [7, 11) is -2.54. The summed E-state index contributed by atoms with van der Waals surface area (Å²) < 4.78 is 67.8. The van der Waals surface area contributed by atoms with Gasteiger partial charge in [-0.25, -0.2) is 27.9 Å². The number of carbonyl (C=O) groups excluding carboxylic acids is 1. The second-order valence-electron chi connectivity index (χ2n) is 7.51. The zero-order chi connectivity index (χ0) is 25.7. The Hall–Kier alpha value is -4.06. The number of hydrogen-bond acceptors (Lipinski definition) is 8. The molecule has 0 spiro atoms. The van der Waals surface area contributed by atoms with Gasteiger partial charge in [-0.3, -0.25) is 4.79 Å². The molecule has 4 aromatic rings. The fourth-order valence-corrected chi connectivity index (χ4v) is 4.51. The number of pyridine rings is 1. The number of nitriles is 1. The van der Waals surface area contributed by atoms with Gasteiger partial charge in [-0.2, -0.15) is 23.5 Å². The maximum absolute atomic E-state index is 13.2. The number of fused-ring (bicyclic) bond motifs is 2. The smallest absolute Gasteiger partial charge is 0.338 e. The van der Waals surface area contributed by atoms with Crippen LogP contribution in [0.4, 0.5) is 13.2 Å². The summed E-state index contributed by atoms with van der Waals surface area (Å²) in [5.74, 6) is -1.08. The molecule has 0 saturated carbocycles. The molecule has 0 aliphatic rings. The van der Waals surface area contributed by atoms with Gasteiger partial charge < -0.3 is 9.88 Å². The highest BCUT2D eigenvalue weighted by molar-refractivity contribution is 7.91. The molecule has 1 amide bonds. The molecular weight excluding hydrogens is 489 g/mol. The summed E-state index contributed by atoms with van der Waals surface area (Å²) in [6, 6.07) is 2.59. The van der Waals surface area contributed by atoms with Crippen molar-refractivity contribution in [2.45, 2.75) is 25.0 Å². The number of imidazole rings is 1. The van der Waals surface area contributed by atoms with Crippen LogP contribution in [0.5, 0.6) is 0 Å². The molecule has 11 nitrogen and oxygen atoms in total. The predicted octanol–water partition coefficient (Wildman–Crippen LogP) is 2.05. The average molecular weight is 506 g/mol. The molecule has 0 aliphatic carbocycles. The number of halogens is 3. The first-order valence-corrected chi connectivity index (χ1v) is 11.7. The van der Waals surface area contributed by atoms with E-state index in [-0.39, 0.29) is 46.2 Å². The molecule has 35 heavy (non-hydrogen) atoms. The topological polar surface area (TPSA) is 148 Å². The summed E-state index contributed by atoms with van der Waals surface area (Å²) in [5, 5.41) is 14.9. The Morgan fingerprint density at radius 1 is 1.23 bits per heavy atom. The van der Waals surface area contributed by atoms with E-state index in [2.05, 4.69) is 25.4 Å². The van der Waals surface area contributed by atoms with Crippen molar-refractivity contribution in [1.29, 1.82) is 5.26 Å². The van der Waals surface area contributed by atoms with E-state index in [4.69, 9.17) is 5.26 Å². The molecule has 4 rings (SSSR count). The molecule has 0 aliphatic heterocycles. The first kappa shape index (κ1) is 24.1. The van der Waals surface area contributed by atoms with Crippen LogP contribution < -0.4 is 5.32 Å². The third-order valence-corrected chi connectivity index (χ3v) is 6.91. The van der Waals surface area contributed by atoms with Crippen molar-refractivity contribution in [3.05, 3.63) is 35.3 Å². The minimum Gasteiger partial charge on any atom is -0.338 e. The van der Waals surface area contributed by atoms with Crippen molar-refractivity contribution in [1.82, 2.24) is 34.4 Å². The lowest BCUT2D eigenvalue weighted by molar-refractivity contribution is -0.137. The average Bonchev–Trinajstić information content (AvgIpc) is 3.34. The monoisotopic (exact) mass is 506 g/mol. The second-order valence-corrected chi connectivity index (χ2v) is 9.70. The summed E-state index contributed by atoms with van der Waals surface area (Å²) in [6.45, 7) is 2.66. The minimum absolute atomic E-state index is 0.0476. The van der Waals surface area contributed by atoms with Crippen LogP contribution in [-0.4, -0.2) is 55.8 Å². The van der Waals surface area contributed by atoms with Crippen LogP contribution in [0, 0.1) is 18.3 Å². The van der Waals surface area contributed by atoms with E-state index in [1.54, 1.807) is 13.0 Å². The SMILES string of the molecule is CCS(=O)(=O)c1nn2c(C(=O)NCC#N)c(C)cnc2c1-c1nc2cc(C(F)(F)F)cnc2n1C. The van der Waals surface area contributed by atoms with Crippen molar-refractivity contribution in [2.75, 3.05) is 12.3 Å². The highest BCUT2D eigenvalue weighted by atomic mass is 32.2. The van der Waals surface area contributed by atoms with Gasteiger partial charge in [0, 0.05) is 19.4 Å². The Balaban J connectivity index is 2.08. The van der Waals surface area contributed by atoms with Crippen LogP contribution >= 0.6 is 0 Å². The van der Waals surface area contributed by atoms with Crippen LogP contribution in [0.2, 0.25) is 0 Å². The summed E-state index contributed by atoms with van der Waals surface area (Å²) >= 11 is 0. The molecule has 0 bridgehead atoms. The van der Waals surface area contributed by atoms with Crippen LogP contribution in [0.25, 0.3) is 28.2 Å². The number of aryl methyl sites for hydroxylation is 2. The van der Waals surface area contributed by atoms with Gasteiger partial charge in [0.1, 0.15) is 29.1 Å². The molecule has 4 heterocycles. The highest BCUT2D eigenvalue weighted by Gasteiger charge is 2.34. The predicted molar refractivity (Wildman–Crippen MR) is 116 cm³/mol. The highest BCUT2D eigenvalue weighted by Crippen LogP contribution is 2.35. The van der Waals surface area contributed by atoms with E-state index < -0.39 is 32.5 Å². The Morgan fingerprint density at radius 2 is 1.91 bits per heavy atom. The Bertz CT molecular complexity index is 1650. The van der Waals surface area contributed by atoms with E-state index in [1.165, 1.54) is 24.7 Å². The van der Waals surface area contributed by atoms with Crippen molar-refractivity contribution in [3.63, 3.8) is 0 Å².